The van der Waals surface area contributed by atoms with Gasteiger partial charge in [-0.25, -0.2) is 0 Å². The Balaban J connectivity index is 1.56. The summed E-state index contributed by atoms with van der Waals surface area (Å²) in [5.41, 5.74) is 2.57. The van der Waals surface area contributed by atoms with Crippen molar-refractivity contribution >= 4 is 22.9 Å². The minimum atomic E-state index is -0.0333. The van der Waals surface area contributed by atoms with Gasteiger partial charge in [-0.05, 0) is 41.6 Å². The van der Waals surface area contributed by atoms with E-state index in [1.54, 1.807) is 6.26 Å². The fourth-order valence-corrected chi connectivity index (χ4v) is 3.86. The lowest BCUT2D eigenvalue weighted by molar-refractivity contribution is 0.0954. The van der Waals surface area contributed by atoms with Gasteiger partial charge in [0.25, 0.3) is 5.91 Å². The van der Waals surface area contributed by atoms with Crippen LogP contribution in [0.4, 0.5) is 5.69 Å². The highest BCUT2D eigenvalue weighted by molar-refractivity contribution is 7.12. The third kappa shape index (κ3) is 2.83. The third-order valence-electron chi connectivity index (χ3n) is 4.37. The van der Waals surface area contributed by atoms with Crippen LogP contribution in [0.5, 0.6) is 0 Å². The number of furan rings is 1. The maximum atomic E-state index is 12.3. The fourth-order valence-electron chi connectivity index (χ4n) is 3.22. The number of anilines is 1. The average Bonchev–Trinajstić information content (AvgIpc) is 3.37. The highest BCUT2D eigenvalue weighted by Gasteiger charge is 2.29. The number of carbonyl (C=O) groups is 1. The van der Waals surface area contributed by atoms with Gasteiger partial charge in [0.05, 0.1) is 11.1 Å². The van der Waals surface area contributed by atoms with Crippen molar-refractivity contribution in [1.82, 2.24) is 5.32 Å². The number of para-hydroxylation sites is 1. The van der Waals surface area contributed by atoms with Crippen LogP contribution >= 0.6 is 11.3 Å². The van der Waals surface area contributed by atoms with Gasteiger partial charge in [0, 0.05) is 18.8 Å². The lowest BCUT2D eigenvalue weighted by Crippen LogP contribution is -2.37. The van der Waals surface area contributed by atoms with E-state index in [9.17, 15) is 4.79 Å². The maximum absolute atomic E-state index is 12.3. The van der Waals surface area contributed by atoms with Crippen LogP contribution < -0.4 is 10.2 Å². The highest BCUT2D eigenvalue weighted by Crippen LogP contribution is 2.35. The van der Waals surface area contributed by atoms with Crippen molar-refractivity contribution in [3.8, 4) is 0 Å². The molecule has 122 valence electrons. The molecule has 0 aliphatic carbocycles. The molecule has 1 aliphatic rings. The standard InChI is InChI=1S/C19H18N2O2S/c22-19(18-8-4-12-24-18)20-13-16(17-7-3-11-23-17)21-10-9-14-5-1-2-6-15(14)21/h1-8,11-12,16H,9-10,13H2,(H,20,22). The first-order valence-electron chi connectivity index (χ1n) is 8.02. The number of thiophene rings is 1. The van der Waals surface area contributed by atoms with E-state index < -0.39 is 0 Å². The van der Waals surface area contributed by atoms with Gasteiger partial charge >= 0.3 is 0 Å². The van der Waals surface area contributed by atoms with Gasteiger partial charge in [-0.2, -0.15) is 0 Å². The molecule has 4 rings (SSSR count). The number of benzene rings is 1. The molecule has 0 bridgehead atoms. The lowest BCUT2D eigenvalue weighted by Gasteiger charge is -2.29. The van der Waals surface area contributed by atoms with Crippen molar-refractivity contribution in [2.45, 2.75) is 12.5 Å². The molecule has 1 aromatic carbocycles. The van der Waals surface area contributed by atoms with Crippen LogP contribution in [-0.2, 0) is 6.42 Å². The molecule has 0 fully saturated rings. The van der Waals surface area contributed by atoms with Crippen molar-refractivity contribution in [1.29, 1.82) is 0 Å². The summed E-state index contributed by atoms with van der Waals surface area (Å²) in [5, 5.41) is 4.96. The summed E-state index contributed by atoms with van der Waals surface area (Å²) in [6, 6.07) is 16.0. The number of amides is 1. The second-order valence-corrected chi connectivity index (χ2v) is 6.74. The summed E-state index contributed by atoms with van der Waals surface area (Å²) in [6.07, 6.45) is 2.71. The van der Waals surface area contributed by atoms with E-state index in [4.69, 9.17) is 4.42 Å². The molecule has 1 atom stereocenters. The van der Waals surface area contributed by atoms with E-state index >= 15 is 0 Å². The molecular weight excluding hydrogens is 320 g/mol. The highest BCUT2D eigenvalue weighted by atomic mass is 32.1. The Bertz CT molecular complexity index is 812. The average molecular weight is 338 g/mol. The van der Waals surface area contributed by atoms with Crippen LogP contribution in [0.3, 0.4) is 0 Å². The van der Waals surface area contributed by atoms with Gasteiger partial charge in [-0.1, -0.05) is 24.3 Å². The number of hydrogen-bond donors (Lipinski definition) is 1. The first-order chi connectivity index (χ1) is 11.8. The monoisotopic (exact) mass is 338 g/mol. The maximum Gasteiger partial charge on any atom is 0.261 e. The molecule has 0 saturated carbocycles. The molecule has 0 saturated heterocycles. The first kappa shape index (κ1) is 15.0. The predicted octanol–water partition coefficient (Wildman–Crippen LogP) is 3.87. The number of fused-ring (bicyclic) bond motifs is 1. The van der Waals surface area contributed by atoms with Crippen LogP contribution in [0, 0.1) is 0 Å². The number of hydrogen-bond acceptors (Lipinski definition) is 4. The van der Waals surface area contributed by atoms with Crippen LogP contribution in [0.25, 0.3) is 0 Å². The minimum absolute atomic E-state index is 0.00689. The number of nitrogens with one attached hydrogen (secondary N) is 1. The summed E-state index contributed by atoms with van der Waals surface area (Å²) < 4.78 is 5.66. The molecule has 3 heterocycles. The molecule has 5 heteroatoms. The summed E-state index contributed by atoms with van der Waals surface area (Å²) in [4.78, 5) is 15.3. The number of rotatable bonds is 5. The largest absolute Gasteiger partial charge is 0.467 e. The molecule has 1 amide bonds. The Morgan fingerprint density at radius 1 is 1.21 bits per heavy atom. The third-order valence-corrected chi connectivity index (χ3v) is 5.24. The van der Waals surface area contributed by atoms with Gasteiger partial charge in [-0.3, -0.25) is 4.79 Å². The summed E-state index contributed by atoms with van der Waals surface area (Å²) >= 11 is 1.45. The Kier molecular flexibility index (Phi) is 4.09. The van der Waals surface area contributed by atoms with Crippen molar-refractivity contribution in [3.05, 3.63) is 76.4 Å². The topological polar surface area (TPSA) is 45.5 Å². The van der Waals surface area contributed by atoms with Crippen molar-refractivity contribution < 1.29 is 9.21 Å². The quantitative estimate of drug-likeness (QED) is 0.768. The van der Waals surface area contributed by atoms with Gasteiger partial charge in [0.2, 0.25) is 0 Å². The van der Waals surface area contributed by atoms with Crippen molar-refractivity contribution in [3.63, 3.8) is 0 Å². The summed E-state index contributed by atoms with van der Waals surface area (Å²) in [7, 11) is 0. The second kappa shape index (κ2) is 6.53. The Hall–Kier alpha value is -2.53. The van der Waals surface area contributed by atoms with Crippen molar-refractivity contribution in [2.75, 3.05) is 18.0 Å². The van der Waals surface area contributed by atoms with E-state index in [1.807, 2.05) is 29.6 Å². The molecule has 1 unspecified atom stereocenters. The van der Waals surface area contributed by atoms with E-state index in [0.29, 0.717) is 6.54 Å². The molecule has 0 spiro atoms. The molecule has 2 aromatic heterocycles. The van der Waals surface area contributed by atoms with Gasteiger partial charge in [0.15, 0.2) is 0 Å². The van der Waals surface area contributed by atoms with E-state index in [1.165, 1.54) is 22.6 Å². The molecule has 24 heavy (non-hydrogen) atoms. The molecule has 0 radical (unpaired) electrons. The van der Waals surface area contributed by atoms with Crippen LogP contribution in [0.1, 0.15) is 27.0 Å². The van der Waals surface area contributed by atoms with Crippen LogP contribution in [0.15, 0.2) is 64.6 Å². The zero-order chi connectivity index (χ0) is 16.4. The zero-order valence-electron chi connectivity index (χ0n) is 13.1. The molecule has 4 nitrogen and oxygen atoms in total. The summed E-state index contributed by atoms with van der Waals surface area (Å²) in [6.45, 7) is 1.44. The second-order valence-electron chi connectivity index (χ2n) is 5.79. The van der Waals surface area contributed by atoms with Gasteiger partial charge < -0.3 is 14.6 Å². The van der Waals surface area contributed by atoms with Gasteiger partial charge in [-0.15, -0.1) is 11.3 Å². The molecule has 3 aromatic rings. The minimum Gasteiger partial charge on any atom is -0.467 e. The smallest absolute Gasteiger partial charge is 0.261 e. The van der Waals surface area contributed by atoms with Crippen molar-refractivity contribution in [2.24, 2.45) is 0 Å². The molecular formula is C19H18N2O2S. The van der Waals surface area contributed by atoms with E-state index in [-0.39, 0.29) is 11.9 Å². The summed E-state index contributed by atoms with van der Waals surface area (Å²) in [5.74, 6) is 0.840. The first-order valence-corrected chi connectivity index (χ1v) is 8.90. The lowest BCUT2D eigenvalue weighted by atomic mass is 10.1. The van der Waals surface area contributed by atoms with E-state index in [0.717, 1.165) is 23.6 Å². The zero-order valence-corrected chi connectivity index (χ0v) is 14.0. The fraction of sp³-hybridized carbons (Fsp3) is 0.211. The number of nitrogens with zero attached hydrogens (tertiary/aromatic N) is 1. The molecule has 1 N–H and O–H groups in total. The predicted molar refractivity (Wildman–Crippen MR) is 95.6 cm³/mol. The Morgan fingerprint density at radius 3 is 2.92 bits per heavy atom. The van der Waals surface area contributed by atoms with Gasteiger partial charge in [0.1, 0.15) is 11.8 Å². The van der Waals surface area contributed by atoms with E-state index in [2.05, 4.69) is 34.5 Å². The van der Waals surface area contributed by atoms with Crippen LogP contribution in [-0.4, -0.2) is 19.0 Å². The normalized spacial score (nSPS) is 14.4. The Labute approximate surface area is 144 Å². The Morgan fingerprint density at radius 2 is 2.12 bits per heavy atom. The van der Waals surface area contributed by atoms with Crippen LogP contribution in [0.2, 0.25) is 0 Å². The SMILES string of the molecule is O=C(NCC(c1ccco1)N1CCc2ccccc21)c1cccs1. The molecule has 1 aliphatic heterocycles. The number of carbonyl (C=O) groups excluding carboxylic acids is 1.